The van der Waals surface area contributed by atoms with E-state index in [1.807, 2.05) is 48.1 Å². The molecule has 0 saturated carbocycles. The van der Waals surface area contributed by atoms with Gasteiger partial charge in [-0.05, 0) is 43.7 Å². The summed E-state index contributed by atoms with van der Waals surface area (Å²) in [7, 11) is 0. The van der Waals surface area contributed by atoms with Crippen LogP contribution in [0.4, 0.5) is 0 Å². The normalized spacial score (nSPS) is 16.8. The summed E-state index contributed by atoms with van der Waals surface area (Å²) in [6.45, 7) is 2.23. The summed E-state index contributed by atoms with van der Waals surface area (Å²) in [6, 6.07) is 10.1. The van der Waals surface area contributed by atoms with Crippen LogP contribution in [0, 0.1) is 6.92 Å². The Labute approximate surface area is 140 Å². The molecule has 1 amide bonds. The van der Waals surface area contributed by atoms with Crippen molar-refractivity contribution in [2.45, 2.75) is 38.8 Å². The first-order valence-electron chi connectivity index (χ1n) is 8.36. The van der Waals surface area contributed by atoms with Crippen molar-refractivity contribution in [1.29, 1.82) is 0 Å². The van der Waals surface area contributed by atoms with Crippen molar-refractivity contribution in [3.63, 3.8) is 0 Å². The second-order valence-electron chi connectivity index (χ2n) is 6.33. The number of hydrogen-bond donors (Lipinski definition) is 1. The SMILES string of the molecule is Cc1ncc2c(n1)CCC[C@H]2NC(=O)Cn1ccc2ccccc21. The van der Waals surface area contributed by atoms with Crippen molar-refractivity contribution in [3.05, 3.63) is 59.8 Å². The Hall–Kier alpha value is -2.69. The molecule has 2 heterocycles. The molecule has 0 unspecified atom stereocenters. The minimum absolute atomic E-state index is 0.0173. The van der Waals surface area contributed by atoms with Gasteiger partial charge in [0.25, 0.3) is 0 Å². The van der Waals surface area contributed by atoms with Crippen LogP contribution in [0.25, 0.3) is 10.9 Å². The monoisotopic (exact) mass is 320 g/mol. The first-order chi connectivity index (χ1) is 11.7. The summed E-state index contributed by atoms with van der Waals surface area (Å²) in [5.74, 6) is 0.814. The lowest BCUT2D eigenvalue weighted by molar-refractivity contribution is -0.122. The molecule has 24 heavy (non-hydrogen) atoms. The molecular formula is C19H20N4O. The molecule has 0 fully saturated rings. The summed E-state index contributed by atoms with van der Waals surface area (Å²) < 4.78 is 1.99. The molecule has 0 saturated heterocycles. The fourth-order valence-corrected chi connectivity index (χ4v) is 3.47. The van der Waals surface area contributed by atoms with Crippen LogP contribution in [-0.4, -0.2) is 20.4 Å². The van der Waals surface area contributed by atoms with Gasteiger partial charge in [-0.1, -0.05) is 18.2 Å². The van der Waals surface area contributed by atoms with Gasteiger partial charge in [0.2, 0.25) is 5.91 Å². The van der Waals surface area contributed by atoms with Crippen LogP contribution < -0.4 is 5.32 Å². The number of aryl methyl sites for hydroxylation is 2. The number of nitrogens with zero attached hydrogens (tertiary/aromatic N) is 3. The smallest absolute Gasteiger partial charge is 0.240 e. The highest BCUT2D eigenvalue weighted by molar-refractivity contribution is 5.83. The molecule has 1 aliphatic carbocycles. The number of amides is 1. The lowest BCUT2D eigenvalue weighted by Crippen LogP contribution is -2.33. The van der Waals surface area contributed by atoms with Gasteiger partial charge in [0, 0.05) is 29.2 Å². The molecule has 1 N–H and O–H groups in total. The number of nitrogens with one attached hydrogen (secondary N) is 1. The van der Waals surface area contributed by atoms with Crippen LogP contribution in [0.3, 0.4) is 0 Å². The Morgan fingerprint density at radius 1 is 1.33 bits per heavy atom. The number of carbonyl (C=O) groups is 1. The highest BCUT2D eigenvalue weighted by atomic mass is 16.2. The van der Waals surface area contributed by atoms with Gasteiger partial charge >= 0.3 is 0 Å². The number of carbonyl (C=O) groups excluding carboxylic acids is 1. The van der Waals surface area contributed by atoms with E-state index in [1.54, 1.807) is 0 Å². The molecule has 0 bridgehead atoms. The number of para-hydroxylation sites is 1. The third-order valence-electron chi connectivity index (χ3n) is 4.63. The Kier molecular flexibility index (Phi) is 3.76. The molecule has 3 aromatic rings. The maximum Gasteiger partial charge on any atom is 0.240 e. The maximum atomic E-state index is 12.5. The van der Waals surface area contributed by atoms with Crippen LogP contribution in [0.5, 0.6) is 0 Å². The summed E-state index contributed by atoms with van der Waals surface area (Å²) in [4.78, 5) is 21.3. The number of rotatable bonds is 3. The van der Waals surface area contributed by atoms with Gasteiger partial charge < -0.3 is 9.88 Å². The lowest BCUT2D eigenvalue weighted by atomic mass is 9.92. The van der Waals surface area contributed by atoms with Gasteiger partial charge in [0.15, 0.2) is 0 Å². The number of hydrogen-bond acceptors (Lipinski definition) is 3. The third-order valence-corrected chi connectivity index (χ3v) is 4.63. The topological polar surface area (TPSA) is 59.8 Å². The molecule has 1 aliphatic rings. The standard InChI is InChI=1S/C19H20N4O/c1-13-20-11-15-16(21-13)6-4-7-17(15)22-19(24)12-23-10-9-14-5-2-3-8-18(14)23/h2-3,5,8-11,17H,4,6-7,12H2,1H3,(H,22,24)/t17-/m1/s1. The molecule has 0 spiro atoms. The van der Waals surface area contributed by atoms with Gasteiger partial charge in [-0.3, -0.25) is 4.79 Å². The third kappa shape index (κ3) is 2.77. The zero-order chi connectivity index (χ0) is 16.5. The predicted octanol–water partition coefficient (Wildman–Crippen LogP) is 2.93. The van der Waals surface area contributed by atoms with Crippen LogP contribution in [0.1, 0.15) is 36.0 Å². The molecule has 0 radical (unpaired) electrons. The molecule has 122 valence electrons. The van der Waals surface area contributed by atoms with Gasteiger partial charge in [0.1, 0.15) is 12.4 Å². The van der Waals surface area contributed by atoms with Crippen LogP contribution in [0.2, 0.25) is 0 Å². The lowest BCUT2D eigenvalue weighted by Gasteiger charge is -2.25. The van der Waals surface area contributed by atoms with Gasteiger partial charge in [-0.15, -0.1) is 0 Å². The molecule has 2 aromatic heterocycles. The molecule has 1 atom stereocenters. The average Bonchev–Trinajstić information content (AvgIpc) is 2.98. The van der Waals surface area contributed by atoms with E-state index in [9.17, 15) is 4.79 Å². The van der Waals surface area contributed by atoms with E-state index in [-0.39, 0.29) is 11.9 Å². The molecule has 5 heteroatoms. The quantitative estimate of drug-likeness (QED) is 0.807. The minimum Gasteiger partial charge on any atom is -0.348 e. The van der Waals surface area contributed by atoms with Crippen molar-refractivity contribution in [3.8, 4) is 0 Å². The number of aromatic nitrogens is 3. The van der Waals surface area contributed by atoms with E-state index in [2.05, 4.69) is 21.4 Å². The second-order valence-corrected chi connectivity index (χ2v) is 6.33. The predicted molar refractivity (Wildman–Crippen MR) is 92.5 cm³/mol. The number of fused-ring (bicyclic) bond motifs is 2. The Balaban J connectivity index is 1.51. The maximum absolute atomic E-state index is 12.5. The molecule has 0 aliphatic heterocycles. The van der Waals surface area contributed by atoms with Gasteiger partial charge in [-0.25, -0.2) is 9.97 Å². The number of benzene rings is 1. The summed E-state index contributed by atoms with van der Waals surface area (Å²) in [5, 5.41) is 4.31. The Morgan fingerprint density at radius 2 is 2.21 bits per heavy atom. The van der Waals surface area contributed by atoms with E-state index in [0.717, 1.165) is 47.2 Å². The fourth-order valence-electron chi connectivity index (χ4n) is 3.47. The first-order valence-corrected chi connectivity index (χ1v) is 8.36. The molecule has 1 aromatic carbocycles. The van der Waals surface area contributed by atoms with E-state index >= 15 is 0 Å². The highest BCUT2D eigenvalue weighted by Crippen LogP contribution is 2.28. The highest BCUT2D eigenvalue weighted by Gasteiger charge is 2.23. The average molecular weight is 320 g/mol. The van der Waals surface area contributed by atoms with Crippen LogP contribution in [0.15, 0.2) is 42.7 Å². The zero-order valence-corrected chi connectivity index (χ0v) is 13.7. The van der Waals surface area contributed by atoms with Crippen LogP contribution in [-0.2, 0) is 17.8 Å². The summed E-state index contributed by atoms with van der Waals surface area (Å²) in [6.07, 6.45) is 6.78. The fraction of sp³-hybridized carbons (Fsp3) is 0.316. The van der Waals surface area contributed by atoms with Crippen molar-refractivity contribution in [2.75, 3.05) is 0 Å². The largest absolute Gasteiger partial charge is 0.348 e. The van der Waals surface area contributed by atoms with Gasteiger partial charge in [0.05, 0.1) is 6.04 Å². The Morgan fingerprint density at radius 3 is 3.12 bits per heavy atom. The second kappa shape index (κ2) is 6.07. The van der Waals surface area contributed by atoms with Crippen LogP contribution >= 0.6 is 0 Å². The van der Waals surface area contributed by atoms with E-state index in [0.29, 0.717) is 6.54 Å². The van der Waals surface area contributed by atoms with Gasteiger partial charge in [-0.2, -0.15) is 0 Å². The van der Waals surface area contributed by atoms with Crippen molar-refractivity contribution in [2.24, 2.45) is 0 Å². The summed E-state index contributed by atoms with van der Waals surface area (Å²) >= 11 is 0. The Bertz CT molecular complexity index is 899. The zero-order valence-electron chi connectivity index (χ0n) is 13.7. The van der Waals surface area contributed by atoms with Crippen molar-refractivity contribution in [1.82, 2.24) is 19.9 Å². The molecular weight excluding hydrogens is 300 g/mol. The van der Waals surface area contributed by atoms with E-state index in [1.165, 1.54) is 0 Å². The van der Waals surface area contributed by atoms with Crippen molar-refractivity contribution < 1.29 is 4.79 Å². The molecule has 5 nitrogen and oxygen atoms in total. The summed E-state index contributed by atoms with van der Waals surface area (Å²) in [5.41, 5.74) is 3.22. The van der Waals surface area contributed by atoms with E-state index < -0.39 is 0 Å². The molecule has 4 rings (SSSR count). The van der Waals surface area contributed by atoms with Crippen molar-refractivity contribution >= 4 is 16.8 Å². The minimum atomic E-state index is 0.0173. The first kappa shape index (κ1) is 14.9. The van der Waals surface area contributed by atoms with E-state index in [4.69, 9.17) is 0 Å².